The van der Waals surface area contributed by atoms with Crippen LogP contribution in [0.1, 0.15) is 5.56 Å². The number of rotatable bonds is 6. The van der Waals surface area contributed by atoms with Gasteiger partial charge in [0.15, 0.2) is 0 Å². The van der Waals surface area contributed by atoms with Gasteiger partial charge >= 0.3 is 25.3 Å². The number of alkyl halides is 4. The van der Waals surface area contributed by atoms with Crippen molar-refractivity contribution in [2.24, 2.45) is 0 Å². The minimum Gasteiger partial charge on any atom is -0.320 e. The number of hydrogen-bond acceptors (Lipinski definition) is 2. The van der Waals surface area contributed by atoms with E-state index >= 15 is 0 Å². The molecule has 0 bridgehead atoms. The number of halogens is 7. The Balaban J connectivity index is 3.04. The van der Waals surface area contributed by atoms with Gasteiger partial charge in [0.25, 0.3) is 0 Å². The Labute approximate surface area is 119 Å². The van der Waals surface area contributed by atoms with Crippen molar-refractivity contribution in [2.75, 3.05) is 0 Å². The lowest BCUT2D eigenvalue weighted by molar-refractivity contribution is -0.157. The van der Waals surface area contributed by atoms with Gasteiger partial charge in [-0.1, -0.05) is 30.3 Å². The summed E-state index contributed by atoms with van der Waals surface area (Å²) in [5, 5.41) is 0. The number of benzene rings is 1. The fraction of sp³-hybridized carbons (Fsp3) is 0.273. The molecule has 0 aliphatic heterocycles. The van der Waals surface area contributed by atoms with Gasteiger partial charge in [-0.05, 0) is 5.56 Å². The smallest absolute Gasteiger partial charge is 0.320 e. The summed E-state index contributed by atoms with van der Waals surface area (Å²) < 4.78 is 104. The third kappa shape index (κ3) is 3.50. The molecule has 0 radical (unpaired) electrons. The van der Waals surface area contributed by atoms with Crippen molar-refractivity contribution in [3.8, 4) is 0 Å². The van der Waals surface area contributed by atoms with E-state index < -0.39 is 37.7 Å². The molecule has 0 saturated carbocycles. The summed E-state index contributed by atoms with van der Waals surface area (Å²) in [5.41, 5.74) is -6.01. The van der Waals surface area contributed by atoms with E-state index in [2.05, 4.69) is 4.52 Å². The first-order valence-electron chi connectivity index (χ1n) is 5.41. The van der Waals surface area contributed by atoms with Crippen LogP contribution in [0.15, 0.2) is 42.2 Å². The summed E-state index contributed by atoms with van der Waals surface area (Å²) in [5.74, 6) is -10.00. The second-order valence-corrected chi connectivity index (χ2v) is 5.83. The Morgan fingerprint density at radius 2 is 1.59 bits per heavy atom. The van der Waals surface area contributed by atoms with Crippen molar-refractivity contribution >= 4 is 7.60 Å². The summed E-state index contributed by atoms with van der Waals surface area (Å²) in [4.78, 5) is 8.94. The maximum Gasteiger partial charge on any atom is 0.414 e. The highest BCUT2D eigenvalue weighted by Gasteiger charge is 2.72. The predicted octanol–water partition coefficient (Wildman–Crippen LogP) is 4.69. The summed E-state index contributed by atoms with van der Waals surface area (Å²) in [6.45, 7) is -0.982. The average Bonchev–Trinajstić information content (AvgIpc) is 2.45. The van der Waals surface area contributed by atoms with Gasteiger partial charge < -0.3 is 4.89 Å². The van der Waals surface area contributed by atoms with Crippen molar-refractivity contribution in [3.05, 3.63) is 47.8 Å². The Bertz CT molecular complexity index is 599. The molecule has 1 N–H and O–H groups in total. The highest BCUT2D eigenvalue weighted by atomic mass is 31.2. The molecule has 0 aliphatic carbocycles. The Morgan fingerprint density at radius 3 is 2.05 bits per heavy atom. The highest BCUT2D eigenvalue weighted by molar-refractivity contribution is 7.54. The van der Waals surface area contributed by atoms with Gasteiger partial charge in [-0.15, -0.1) is 0 Å². The molecule has 0 aliphatic rings. The monoisotopic (exact) mass is 352 g/mol. The Hall–Kier alpha value is -1.38. The molecule has 1 aromatic carbocycles. The largest absolute Gasteiger partial charge is 0.414 e. The molecule has 0 saturated heterocycles. The van der Waals surface area contributed by atoms with Gasteiger partial charge in [-0.2, -0.15) is 30.7 Å². The predicted molar refractivity (Wildman–Crippen MR) is 61.3 cm³/mol. The van der Waals surface area contributed by atoms with Gasteiger partial charge in [0, 0.05) is 0 Å². The van der Waals surface area contributed by atoms with E-state index in [9.17, 15) is 35.3 Å². The topological polar surface area (TPSA) is 46.5 Å². The molecule has 0 aromatic heterocycles. The first kappa shape index (κ1) is 18.7. The second-order valence-electron chi connectivity index (χ2n) is 3.97. The van der Waals surface area contributed by atoms with Gasteiger partial charge in [0.1, 0.15) is 0 Å². The van der Waals surface area contributed by atoms with E-state index in [4.69, 9.17) is 4.89 Å². The SMILES string of the molecule is O=P(O)(OCc1ccccc1)C(F)(F)C(F)(F)C(F)=C(F)F. The van der Waals surface area contributed by atoms with Crippen LogP contribution in [0.4, 0.5) is 30.7 Å². The molecular formula is C11H8F7O3P. The normalized spacial score (nSPS) is 15.3. The quantitative estimate of drug-likeness (QED) is 0.597. The van der Waals surface area contributed by atoms with Crippen LogP contribution in [-0.2, 0) is 15.7 Å². The maximum atomic E-state index is 13.3. The van der Waals surface area contributed by atoms with Crippen molar-refractivity contribution < 1.29 is 44.7 Å². The molecule has 1 unspecified atom stereocenters. The molecule has 1 atom stereocenters. The fourth-order valence-corrected chi connectivity index (χ4v) is 2.18. The van der Waals surface area contributed by atoms with Gasteiger partial charge in [-0.25, -0.2) is 0 Å². The average molecular weight is 352 g/mol. The van der Waals surface area contributed by atoms with Gasteiger partial charge in [0.2, 0.25) is 5.83 Å². The van der Waals surface area contributed by atoms with Crippen LogP contribution in [-0.4, -0.2) is 16.5 Å². The number of allylic oxidation sites excluding steroid dienone is 1. The van der Waals surface area contributed by atoms with Crippen molar-refractivity contribution in [2.45, 2.75) is 18.2 Å². The van der Waals surface area contributed by atoms with E-state index in [-0.39, 0.29) is 5.56 Å². The molecule has 1 aromatic rings. The van der Waals surface area contributed by atoms with E-state index in [0.29, 0.717) is 0 Å². The molecule has 0 spiro atoms. The molecule has 124 valence electrons. The summed E-state index contributed by atoms with van der Waals surface area (Å²) in [6.07, 6.45) is -3.73. The summed E-state index contributed by atoms with van der Waals surface area (Å²) in [7, 11) is -6.47. The third-order valence-corrected chi connectivity index (χ3v) is 3.89. The number of hydrogen-bond donors (Lipinski definition) is 1. The molecule has 1 rings (SSSR count). The van der Waals surface area contributed by atoms with Crippen LogP contribution in [0.2, 0.25) is 0 Å². The van der Waals surface area contributed by atoms with E-state index in [0.717, 1.165) is 0 Å². The van der Waals surface area contributed by atoms with Crippen molar-refractivity contribution in [1.82, 2.24) is 0 Å². The third-order valence-electron chi connectivity index (χ3n) is 2.42. The zero-order valence-corrected chi connectivity index (χ0v) is 11.3. The highest BCUT2D eigenvalue weighted by Crippen LogP contribution is 2.65. The maximum absolute atomic E-state index is 13.3. The lowest BCUT2D eigenvalue weighted by Gasteiger charge is -2.27. The van der Waals surface area contributed by atoms with Crippen LogP contribution < -0.4 is 0 Å². The summed E-state index contributed by atoms with van der Waals surface area (Å²) >= 11 is 0. The van der Waals surface area contributed by atoms with Crippen molar-refractivity contribution in [1.29, 1.82) is 0 Å². The van der Waals surface area contributed by atoms with E-state index in [1.54, 1.807) is 0 Å². The fourth-order valence-electron chi connectivity index (χ4n) is 1.25. The lowest BCUT2D eigenvalue weighted by Crippen LogP contribution is -2.41. The van der Waals surface area contributed by atoms with Crippen molar-refractivity contribution in [3.63, 3.8) is 0 Å². The van der Waals surface area contributed by atoms with E-state index in [1.165, 1.54) is 30.3 Å². The zero-order valence-electron chi connectivity index (χ0n) is 10.5. The standard InChI is InChI=1S/C11H8F7O3P/c12-8(9(13)14)10(15,16)11(17,18)22(19,20)21-6-7-4-2-1-3-5-7/h1-5H,6H2,(H,19,20). The van der Waals surface area contributed by atoms with Gasteiger partial charge in [0.05, 0.1) is 6.61 Å². The minimum absolute atomic E-state index is 0.0728. The van der Waals surface area contributed by atoms with Crippen LogP contribution in [0.3, 0.4) is 0 Å². The molecule has 3 nitrogen and oxygen atoms in total. The Kier molecular flexibility index (Phi) is 5.42. The van der Waals surface area contributed by atoms with Crippen LogP contribution in [0.25, 0.3) is 0 Å². The molecule has 0 amide bonds. The first-order chi connectivity index (χ1) is 9.93. The second kappa shape index (κ2) is 6.39. The minimum atomic E-state index is -6.47. The molecule has 22 heavy (non-hydrogen) atoms. The van der Waals surface area contributed by atoms with E-state index in [1.807, 2.05) is 0 Å². The van der Waals surface area contributed by atoms with Crippen LogP contribution in [0, 0.1) is 0 Å². The van der Waals surface area contributed by atoms with Crippen LogP contribution >= 0.6 is 7.60 Å². The molecule has 0 heterocycles. The first-order valence-corrected chi connectivity index (χ1v) is 6.99. The Morgan fingerprint density at radius 1 is 1.09 bits per heavy atom. The van der Waals surface area contributed by atoms with Crippen LogP contribution in [0.5, 0.6) is 0 Å². The van der Waals surface area contributed by atoms with Gasteiger partial charge in [-0.3, -0.25) is 9.09 Å². The molecule has 0 fully saturated rings. The summed E-state index contributed by atoms with van der Waals surface area (Å²) in [6, 6.07) is 6.83. The lowest BCUT2D eigenvalue weighted by atomic mass is 10.2. The molecular weight excluding hydrogens is 344 g/mol. The molecule has 11 heteroatoms. The zero-order chi connectivity index (χ0) is 17.2.